The molecule has 0 radical (unpaired) electrons. The van der Waals surface area contributed by atoms with Gasteiger partial charge < -0.3 is 5.32 Å². The van der Waals surface area contributed by atoms with E-state index in [1.54, 1.807) is 18.2 Å². The van der Waals surface area contributed by atoms with Crippen molar-refractivity contribution in [1.82, 2.24) is 4.98 Å². The van der Waals surface area contributed by atoms with Crippen LogP contribution in [0.4, 0.5) is 10.1 Å². The molecule has 0 bridgehead atoms. The molecule has 3 nitrogen and oxygen atoms in total. The summed E-state index contributed by atoms with van der Waals surface area (Å²) < 4.78 is 26.7. The number of rotatable bonds is 4. The van der Waals surface area contributed by atoms with Crippen molar-refractivity contribution >= 4 is 39.0 Å². The maximum absolute atomic E-state index is 14.7. The fraction of sp³-hybridized carbons (Fsp3) is 0.471. The fourth-order valence-corrected chi connectivity index (χ4v) is 4.79. The van der Waals surface area contributed by atoms with E-state index in [4.69, 9.17) is 11.6 Å². The van der Waals surface area contributed by atoms with Gasteiger partial charge in [-0.05, 0) is 37.5 Å². The van der Waals surface area contributed by atoms with Crippen LogP contribution in [-0.2, 0) is 10.8 Å². The molecule has 2 aromatic rings. The van der Waals surface area contributed by atoms with Gasteiger partial charge in [0.25, 0.3) is 0 Å². The topological polar surface area (TPSA) is 42.0 Å². The van der Waals surface area contributed by atoms with E-state index in [0.717, 1.165) is 25.7 Å². The Morgan fingerprint density at radius 1 is 1.39 bits per heavy atom. The van der Waals surface area contributed by atoms with Crippen LogP contribution in [0.1, 0.15) is 32.6 Å². The van der Waals surface area contributed by atoms with Gasteiger partial charge in [-0.2, -0.15) is 0 Å². The molecule has 0 saturated heterocycles. The maximum atomic E-state index is 14.7. The van der Waals surface area contributed by atoms with Crippen molar-refractivity contribution in [2.24, 2.45) is 0 Å². The third kappa shape index (κ3) is 3.50. The molecule has 1 N–H and O–H groups in total. The summed E-state index contributed by atoms with van der Waals surface area (Å²) in [6.45, 7) is 1.95. The molecule has 1 heterocycles. The molecule has 124 valence electrons. The third-order valence-corrected chi connectivity index (χ3v) is 6.51. The van der Waals surface area contributed by atoms with Gasteiger partial charge in [0.1, 0.15) is 5.52 Å². The van der Waals surface area contributed by atoms with Gasteiger partial charge >= 0.3 is 0 Å². The second kappa shape index (κ2) is 7.14. The molecule has 1 saturated carbocycles. The van der Waals surface area contributed by atoms with Gasteiger partial charge in [-0.15, -0.1) is 0 Å². The Balaban J connectivity index is 1.81. The number of nitrogens with zero attached hydrogens (tertiary/aromatic N) is 1. The van der Waals surface area contributed by atoms with Crippen molar-refractivity contribution in [2.45, 2.75) is 43.9 Å². The van der Waals surface area contributed by atoms with Crippen molar-refractivity contribution in [3.63, 3.8) is 0 Å². The van der Waals surface area contributed by atoms with Crippen molar-refractivity contribution in [2.75, 3.05) is 11.1 Å². The molecule has 3 atom stereocenters. The minimum absolute atomic E-state index is 0.149. The van der Waals surface area contributed by atoms with Crippen LogP contribution < -0.4 is 5.32 Å². The average molecular weight is 355 g/mol. The van der Waals surface area contributed by atoms with Crippen LogP contribution in [0, 0.1) is 5.82 Å². The zero-order chi connectivity index (χ0) is 16.4. The minimum atomic E-state index is -0.786. The van der Waals surface area contributed by atoms with Gasteiger partial charge in [-0.1, -0.05) is 24.9 Å². The van der Waals surface area contributed by atoms with Gasteiger partial charge in [-0.3, -0.25) is 9.19 Å². The smallest absolute Gasteiger partial charge is 0.172 e. The quantitative estimate of drug-likeness (QED) is 0.877. The Morgan fingerprint density at radius 2 is 2.22 bits per heavy atom. The molecular formula is C17H20ClFN2OS. The number of benzene rings is 1. The number of halogens is 2. The van der Waals surface area contributed by atoms with Gasteiger partial charge in [-0.25, -0.2) is 4.39 Å². The Hall–Kier alpha value is -1.20. The summed E-state index contributed by atoms with van der Waals surface area (Å²) in [7, 11) is -0.786. The maximum Gasteiger partial charge on any atom is 0.172 e. The molecule has 3 rings (SSSR count). The van der Waals surface area contributed by atoms with Crippen molar-refractivity contribution < 1.29 is 8.60 Å². The number of anilines is 1. The molecular weight excluding hydrogens is 335 g/mol. The lowest BCUT2D eigenvalue weighted by Crippen LogP contribution is -2.33. The van der Waals surface area contributed by atoms with Gasteiger partial charge in [0, 0.05) is 39.4 Å². The normalized spacial score (nSPS) is 22.9. The first-order valence-electron chi connectivity index (χ1n) is 7.96. The molecule has 1 aliphatic rings. The lowest BCUT2D eigenvalue weighted by Gasteiger charge is -2.30. The fourth-order valence-electron chi connectivity index (χ4n) is 3.23. The van der Waals surface area contributed by atoms with Crippen LogP contribution in [0.15, 0.2) is 24.4 Å². The number of aromatic nitrogens is 1. The molecule has 6 heteroatoms. The first-order valence-corrected chi connectivity index (χ1v) is 9.72. The second-order valence-electron chi connectivity index (χ2n) is 5.92. The van der Waals surface area contributed by atoms with Crippen molar-refractivity contribution in [3.8, 4) is 0 Å². The van der Waals surface area contributed by atoms with Crippen molar-refractivity contribution in [1.29, 1.82) is 0 Å². The van der Waals surface area contributed by atoms with E-state index in [1.165, 1.54) is 6.20 Å². The first-order chi connectivity index (χ1) is 11.1. The van der Waals surface area contributed by atoms with E-state index in [0.29, 0.717) is 21.8 Å². The predicted octanol–water partition coefficient (Wildman–Crippen LogP) is 4.52. The Bertz CT molecular complexity index is 740. The first kappa shape index (κ1) is 16.7. The van der Waals surface area contributed by atoms with Crippen LogP contribution in [-0.4, -0.2) is 26.2 Å². The molecule has 1 aliphatic carbocycles. The van der Waals surface area contributed by atoms with Crippen LogP contribution in [0.5, 0.6) is 0 Å². The SMILES string of the molecule is CCS(=O)C1CCCC(Nc2ccc3c(Cl)ccnc3c2F)C1. The van der Waals surface area contributed by atoms with E-state index in [2.05, 4.69) is 10.3 Å². The van der Waals surface area contributed by atoms with E-state index in [-0.39, 0.29) is 22.6 Å². The number of hydrogen-bond donors (Lipinski definition) is 1. The standard InChI is InChI=1S/C17H20ClFN2OS/c1-2-23(22)12-5-3-4-11(10-12)21-15-7-6-13-14(18)8-9-20-17(13)16(15)19/h6-9,11-12,21H,2-5,10H2,1H3. The highest BCUT2D eigenvalue weighted by molar-refractivity contribution is 7.85. The van der Waals surface area contributed by atoms with Crippen LogP contribution in [0.2, 0.25) is 5.02 Å². The Labute approximate surface area is 143 Å². The number of nitrogens with one attached hydrogen (secondary N) is 1. The molecule has 1 aromatic heterocycles. The van der Waals surface area contributed by atoms with E-state index >= 15 is 0 Å². The summed E-state index contributed by atoms with van der Waals surface area (Å²) in [6.07, 6.45) is 5.32. The van der Waals surface area contributed by atoms with E-state index in [9.17, 15) is 8.60 Å². The highest BCUT2D eigenvalue weighted by Crippen LogP contribution is 2.31. The number of pyridine rings is 1. The largest absolute Gasteiger partial charge is 0.380 e. The molecule has 0 aliphatic heterocycles. The van der Waals surface area contributed by atoms with Gasteiger partial charge in [0.15, 0.2) is 5.82 Å². The van der Waals surface area contributed by atoms with E-state index in [1.807, 2.05) is 6.92 Å². The monoisotopic (exact) mass is 354 g/mol. The lowest BCUT2D eigenvalue weighted by molar-refractivity contribution is 0.463. The molecule has 0 amide bonds. The molecule has 23 heavy (non-hydrogen) atoms. The second-order valence-corrected chi connectivity index (χ2v) is 8.33. The summed E-state index contributed by atoms with van der Waals surface area (Å²) in [5.41, 5.74) is 0.729. The summed E-state index contributed by atoms with van der Waals surface area (Å²) in [5.74, 6) is 0.313. The van der Waals surface area contributed by atoms with Crippen LogP contribution >= 0.6 is 11.6 Å². The van der Waals surface area contributed by atoms with Gasteiger partial charge in [0.2, 0.25) is 0 Å². The molecule has 3 unspecified atom stereocenters. The molecule has 1 fully saturated rings. The van der Waals surface area contributed by atoms with Crippen molar-refractivity contribution in [3.05, 3.63) is 35.2 Å². The third-order valence-electron chi connectivity index (χ3n) is 4.44. The zero-order valence-corrected chi connectivity index (χ0v) is 14.6. The van der Waals surface area contributed by atoms with Gasteiger partial charge in [0.05, 0.1) is 10.7 Å². The average Bonchev–Trinajstić information content (AvgIpc) is 2.57. The Kier molecular flexibility index (Phi) is 5.17. The Morgan fingerprint density at radius 3 is 3.00 bits per heavy atom. The highest BCUT2D eigenvalue weighted by Gasteiger charge is 2.26. The predicted molar refractivity (Wildman–Crippen MR) is 95.1 cm³/mol. The highest BCUT2D eigenvalue weighted by atomic mass is 35.5. The summed E-state index contributed by atoms with van der Waals surface area (Å²) >= 11 is 6.08. The zero-order valence-electron chi connectivity index (χ0n) is 13.0. The molecule has 0 spiro atoms. The van der Waals surface area contributed by atoms with E-state index < -0.39 is 10.8 Å². The summed E-state index contributed by atoms with van der Waals surface area (Å²) in [4.78, 5) is 4.10. The summed E-state index contributed by atoms with van der Waals surface area (Å²) in [6, 6.07) is 5.31. The lowest BCUT2D eigenvalue weighted by atomic mass is 9.94. The van der Waals surface area contributed by atoms with Crippen LogP contribution in [0.3, 0.4) is 0 Å². The number of fused-ring (bicyclic) bond motifs is 1. The summed E-state index contributed by atoms with van der Waals surface area (Å²) in [5, 5.41) is 4.60. The number of hydrogen-bond acceptors (Lipinski definition) is 3. The molecule has 1 aromatic carbocycles. The van der Waals surface area contributed by atoms with Crippen LogP contribution in [0.25, 0.3) is 10.9 Å². The minimum Gasteiger partial charge on any atom is -0.380 e.